The van der Waals surface area contributed by atoms with E-state index >= 15 is 0 Å². The van der Waals surface area contributed by atoms with Gasteiger partial charge in [0.25, 0.3) is 0 Å². The van der Waals surface area contributed by atoms with Crippen LogP contribution in [0.15, 0.2) is 0 Å². The van der Waals surface area contributed by atoms with Gasteiger partial charge in [-0.15, -0.1) is 4.52 Å². The van der Waals surface area contributed by atoms with Crippen molar-refractivity contribution in [1.82, 2.24) is 0 Å². The largest absolute Gasteiger partial charge is 0.560 e. The van der Waals surface area contributed by atoms with Crippen molar-refractivity contribution in [3.63, 3.8) is 0 Å². The van der Waals surface area contributed by atoms with Crippen LogP contribution in [-0.4, -0.2) is 40.1 Å². The van der Waals surface area contributed by atoms with E-state index in [0.29, 0.717) is 0 Å². The minimum Gasteiger partial charge on any atom is -0.394 e. The van der Waals surface area contributed by atoms with E-state index in [0.717, 1.165) is 6.92 Å². The highest BCUT2D eigenvalue weighted by Gasteiger charge is 2.41. The molecule has 0 rings (SSSR count). The van der Waals surface area contributed by atoms with Gasteiger partial charge in [-0.1, -0.05) is 0 Å². The summed E-state index contributed by atoms with van der Waals surface area (Å²) in [4.78, 5) is 0. The van der Waals surface area contributed by atoms with Gasteiger partial charge in [0.05, 0.1) is 6.61 Å². The van der Waals surface area contributed by atoms with E-state index in [-0.39, 0.29) is 6.61 Å². The standard InChI is InChI=1S/C5H13NO5P/c1-5(6,9)12(10)11-3-4(8)2-7/h4,7-9H,2-3,6H2,1H3/q+1. The average Bonchev–Trinajstić information content (AvgIpc) is 1.97. The normalized spacial score (nSPS) is 19.9. The van der Waals surface area contributed by atoms with Crippen LogP contribution in [0.1, 0.15) is 6.92 Å². The second kappa shape index (κ2) is 4.81. The van der Waals surface area contributed by atoms with Gasteiger partial charge >= 0.3 is 13.5 Å². The lowest BCUT2D eigenvalue weighted by atomic mass is 10.4. The maximum Gasteiger partial charge on any atom is 0.560 e. The van der Waals surface area contributed by atoms with Gasteiger partial charge in [0.1, 0.15) is 12.7 Å². The maximum absolute atomic E-state index is 10.8. The van der Waals surface area contributed by atoms with E-state index in [1.54, 1.807) is 0 Å². The fraction of sp³-hybridized carbons (Fsp3) is 1.00. The summed E-state index contributed by atoms with van der Waals surface area (Å²) in [5.41, 5.74) is 3.10. The van der Waals surface area contributed by atoms with E-state index in [1.807, 2.05) is 0 Å². The van der Waals surface area contributed by atoms with Gasteiger partial charge in [0.15, 0.2) is 0 Å². The zero-order chi connectivity index (χ0) is 9.78. The molecule has 0 aromatic carbocycles. The Kier molecular flexibility index (Phi) is 4.77. The molecule has 3 atom stereocenters. The molecule has 0 aromatic rings. The van der Waals surface area contributed by atoms with E-state index < -0.39 is 26.2 Å². The van der Waals surface area contributed by atoms with E-state index in [9.17, 15) is 4.57 Å². The summed E-state index contributed by atoms with van der Waals surface area (Å²) in [6.07, 6.45) is -1.11. The lowest BCUT2D eigenvalue weighted by Gasteiger charge is -2.04. The van der Waals surface area contributed by atoms with Gasteiger partial charge in [0, 0.05) is 6.92 Å². The predicted octanol–water partition coefficient (Wildman–Crippen LogP) is -1.28. The van der Waals surface area contributed by atoms with Gasteiger partial charge < -0.3 is 15.3 Å². The summed E-state index contributed by atoms with van der Waals surface area (Å²) in [6.45, 7) is 0.311. The molecular formula is C5H13NO5P+. The molecule has 7 heteroatoms. The molecule has 0 spiro atoms. The minimum atomic E-state index is -2.45. The van der Waals surface area contributed by atoms with Crippen molar-refractivity contribution in [3.8, 4) is 0 Å². The maximum atomic E-state index is 10.8. The molecule has 3 unspecified atom stereocenters. The summed E-state index contributed by atoms with van der Waals surface area (Å²) < 4.78 is 15.3. The van der Waals surface area contributed by atoms with E-state index in [2.05, 4.69) is 4.52 Å². The third-order valence-corrected chi connectivity index (χ3v) is 2.09. The van der Waals surface area contributed by atoms with Crippen molar-refractivity contribution in [2.24, 2.45) is 5.73 Å². The highest BCUT2D eigenvalue weighted by atomic mass is 31.1. The molecule has 0 fully saturated rings. The van der Waals surface area contributed by atoms with Crippen molar-refractivity contribution in [2.75, 3.05) is 13.2 Å². The first-order valence-electron chi connectivity index (χ1n) is 3.28. The van der Waals surface area contributed by atoms with E-state index in [4.69, 9.17) is 21.1 Å². The van der Waals surface area contributed by atoms with Crippen LogP contribution in [0.3, 0.4) is 0 Å². The first-order valence-corrected chi connectivity index (χ1v) is 4.46. The van der Waals surface area contributed by atoms with Gasteiger partial charge in [-0.2, -0.15) is 0 Å². The molecule has 5 N–H and O–H groups in total. The van der Waals surface area contributed by atoms with Crippen molar-refractivity contribution in [3.05, 3.63) is 0 Å². The molecule has 0 aromatic heterocycles. The third-order valence-electron chi connectivity index (χ3n) is 0.965. The van der Waals surface area contributed by atoms with Crippen LogP contribution in [0.4, 0.5) is 0 Å². The van der Waals surface area contributed by atoms with Crippen LogP contribution in [-0.2, 0) is 9.09 Å². The summed E-state index contributed by atoms with van der Waals surface area (Å²) in [6, 6.07) is 0. The Balaban J connectivity index is 3.73. The van der Waals surface area contributed by atoms with Crippen molar-refractivity contribution in [1.29, 1.82) is 0 Å². The summed E-state index contributed by atoms with van der Waals surface area (Å²) >= 11 is 0. The zero-order valence-electron chi connectivity index (χ0n) is 6.67. The van der Waals surface area contributed by atoms with Crippen LogP contribution in [0.2, 0.25) is 0 Å². The lowest BCUT2D eigenvalue weighted by Crippen LogP contribution is -2.32. The molecule has 72 valence electrons. The number of aliphatic hydroxyl groups excluding tert-OH is 2. The molecule has 0 aliphatic rings. The fourth-order valence-corrected chi connectivity index (χ4v) is 0.906. The SMILES string of the molecule is CC(N)(O)[P+](=O)OCC(O)CO. The molecule has 0 aliphatic heterocycles. The molecule has 12 heavy (non-hydrogen) atoms. The zero-order valence-corrected chi connectivity index (χ0v) is 7.57. The van der Waals surface area contributed by atoms with Crippen LogP contribution in [0.5, 0.6) is 0 Å². The Morgan fingerprint density at radius 2 is 2.25 bits per heavy atom. The van der Waals surface area contributed by atoms with Crippen LogP contribution >= 0.6 is 8.03 Å². The molecule has 0 heterocycles. The van der Waals surface area contributed by atoms with Crippen molar-refractivity contribution >= 4 is 8.03 Å². The lowest BCUT2D eigenvalue weighted by molar-refractivity contribution is 0.0487. The molecule has 0 saturated heterocycles. The Morgan fingerprint density at radius 1 is 1.75 bits per heavy atom. The summed E-state index contributed by atoms with van der Waals surface area (Å²) in [5, 5.41) is 26.0. The second-order valence-electron chi connectivity index (χ2n) is 2.48. The van der Waals surface area contributed by atoms with Crippen LogP contribution in [0.25, 0.3) is 0 Å². The molecule has 0 bridgehead atoms. The summed E-state index contributed by atoms with van der Waals surface area (Å²) in [5.74, 6) is 0. The van der Waals surface area contributed by atoms with Crippen LogP contribution in [0, 0.1) is 0 Å². The average molecular weight is 198 g/mol. The minimum absolute atomic E-state index is 0.320. The smallest absolute Gasteiger partial charge is 0.394 e. The Bertz CT molecular complexity index is 156. The van der Waals surface area contributed by atoms with Crippen molar-refractivity contribution < 1.29 is 24.4 Å². The highest BCUT2D eigenvalue weighted by Crippen LogP contribution is 2.33. The number of aliphatic hydroxyl groups is 3. The van der Waals surface area contributed by atoms with Gasteiger partial charge in [-0.05, 0) is 4.57 Å². The van der Waals surface area contributed by atoms with Crippen LogP contribution < -0.4 is 5.73 Å². The summed E-state index contributed by atoms with van der Waals surface area (Å²) in [7, 11) is -2.45. The first-order chi connectivity index (χ1) is 5.38. The monoisotopic (exact) mass is 198 g/mol. The molecule has 0 saturated carbocycles. The number of rotatable bonds is 5. The van der Waals surface area contributed by atoms with Crippen molar-refractivity contribution in [2.45, 2.75) is 18.5 Å². The molecule has 6 nitrogen and oxygen atoms in total. The Labute approximate surface area is 70.8 Å². The molecular weight excluding hydrogens is 185 g/mol. The van der Waals surface area contributed by atoms with Gasteiger partial charge in [-0.3, -0.25) is 5.73 Å². The number of nitrogens with two attached hydrogens (primary N) is 1. The Hall–Kier alpha value is -0.100. The molecule has 0 aliphatic carbocycles. The van der Waals surface area contributed by atoms with Gasteiger partial charge in [0.2, 0.25) is 0 Å². The molecule has 0 radical (unpaired) electrons. The quantitative estimate of drug-likeness (QED) is 0.323. The second-order valence-corrected chi connectivity index (χ2v) is 4.16. The number of hydrogen-bond acceptors (Lipinski definition) is 6. The third kappa shape index (κ3) is 4.71. The Morgan fingerprint density at radius 3 is 2.58 bits per heavy atom. The topological polar surface area (TPSA) is 113 Å². The van der Waals surface area contributed by atoms with E-state index in [1.165, 1.54) is 0 Å². The predicted molar refractivity (Wildman–Crippen MR) is 41.5 cm³/mol. The van der Waals surface area contributed by atoms with Gasteiger partial charge in [-0.25, -0.2) is 0 Å². The number of hydrogen-bond donors (Lipinski definition) is 4. The highest BCUT2D eigenvalue weighted by molar-refractivity contribution is 7.40. The molecule has 0 amide bonds. The first kappa shape index (κ1) is 11.9. The fourth-order valence-electron chi connectivity index (χ4n) is 0.337.